The molecule has 1 aromatic rings. The molecule has 1 saturated carbocycles. The van der Waals surface area contributed by atoms with Gasteiger partial charge in [-0.25, -0.2) is 4.98 Å². The van der Waals surface area contributed by atoms with E-state index in [0.717, 1.165) is 31.6 Å². The highest BCUT2D eigenvalue weighted by Crippen LogP contribution is 2.28. The molecule has 7 nitrogen and oxygen atoms in total. The number of aromatic nitrogens is 1. The number of likely N-dealkylation sites (N-methyl/N-ethyl adjacent to an activating group) is 1. The number of nitrogens with one attached hydrogen (secondary N) is 2. The molecule has 1 heterocycles. The van der Waals surface area contributed by atoms with Crippen molar-refractivity contribution in [3.05, 3.63) is 23.9 Å². The molecule has 7 heteroatoms. The van der Waals surface area contributed by atoms with Gasteiger partial charge in [-0.2, -0.15) is 0 Å². The van der Waals surface area contributed by atoms with Crippen LogP contribution in [-0.2, 0) is 4.79 Å². The van der Waals surface area contributed by atoms with E-state index >= 15 is 0 Å². The number of aliphatic carboxylic acids is 1. The molecule has 3 N–H and O–H groups in total. The van der Waals surface area contributed by atoms with Crippen LogP contribution in [0.15, 0.2) is 18.3 Å². The normalized spacial score (nSPS) is 19.6. The largest absolute Gasteiger partial charge is 0.480 e. The highest BCUT2D eigenvalue weighted by molar-refractivity contribution is 5.94. The van der Waals surface area contributed by atoms with Crippen LogP contribution in [0.4, 0.5) is 5.82 Å². The molecule has 24 heavy (non-hydrogen) atoms. The van der Waals surface area contributed by atoms with Crippen LogP contribution >= 0.6 is 0 Å². The molecule has 0 radical (unpaired) electrons. The number of carbonyl (C=O) groups excluding carboxylic acids is 1. The number of anilines is 1. The van der Waals surface area contributed by atoms with E-state index in [1.54, 1.807) is 12.3 Å². The van der Waals surface area contributed by atoms with Gasteiger partial charge in [-0.15, -0.1) is 0 Å². The molecule has 0 aliphatic heterocycles. The van der Waals surface area contributed by atoms with Gasteiger partial charge in [0.15, 0.2) is 0 Å². The van der Waals surface area contributed by atoms with Crippen molar-refractivity contribution in [2.45, 2.75) is 45.2 Å². The summed E-state index contributed by atoms with van der Waals surface area (Å²) < 4.78 is 0. The lowest BCUT2D eigenvalue weighted by Crippen LogP contribution is -2.51. The fraction of sp³-hybridized carbons (Fsp3) is 0.588. The highest BCUT2D eigenvalue weighted by atomic mass is 16.4. The summed E-state index contributed by atoms with van der Waals surface area (Å²) in [5.74, 6) is -0.148. The Labute approximate surface area is 142 Å². The van der Waals surface area contributed by atoms with Crippen molar-refractivity contribution in [3.63, 3.8) is 0 Å². The van der Waals surface area contributed by atoms with Gasteiger partial charge in [0, 0.05) is 24.8 Å². The molecular weight excluding hydrogens is 308 g/mol. The van der Waals surface area contributed by atoms with Crippen molar-refractivity contribution < 1.29 is 14.7 Å². The molecule has 132 valence electrons. The first-order chi connectivity index (χ1) is 11.5. The van der Waals surface area contributed by atoms with E-state index < -0.39 is 5.97 Å². The molecule has 0 unspecified atom stereocenters. The molecule has 1 fully saturated rings. The lowest BCUT2D eigenvalue weighted by molar-refractivity contribution is -0.139. The molecule has 2 rings (SSSR count). The zero-order valence-corrected chi connectivity index (χ0v) is 14.3. The molecule has 0 bridgehead atoms. The number of hydrogen-bond acceptors (Lipinski definition) is 5. The average Bonchev–Trinajstić information content (AvgIpc) is 2.54. The Morgan fingerprint density at radius 2 is 2.08 bits per heavy atom. The second-order valence-electron chi connectivity index (χ2n) is 6.11. The summed E-state index contributed by atoms with van der Waals surface area (Å²) in [6, 6.07) is 4.18. The van der Waals surface area contributed by atoms with Crippen LogP contribution in [-0.4, -0.2) is 58.6 Å². The van der Waals surface area contributed by atoms with E-state index in [1.165, 1.54) is 0 Å². The fourth-order valence-corrected chi connectivity index (χ4v) is 2.84. The minimum atomic E-state index is -0.785. The van der Waals surface area contributed by atoms with Crippen LogP contribution in [0.3, 0.4) is 0 Å². The Morgan fingerprint density at radius 1 is 1.33 bits per heavy atom. The molecule has 0 atom stereocenters. The number of carboxylic acids is 1. The summed E-state index contributed by atoms with van der Waals surface area (Å²) in [6.07, 6.45) is 4.29. The lowest BCUT2D eigenvalue weighted by Gasteiger charge is -2.42. The van der Waals surface area contributed by atoms with E-state index in [2.05, 4.69) is 15.6 Å². The lowest BCUT2D eigenvalue weighted by atomic mass is 9.85. The Kier molecular flexibility index (Phi) is 6.54. The summed E-state index contributed by atoms with van der Waals surface area (Å²) in [4.78, 5) is 28.9. The van der Waals surface area contributed by atoms with Crippen molar-refractivity contribution in [2.75, 3.05) is 25.0 Å². The average molecular weight is 334 g/mol. The zero-order valence-electron chi connectivity index (χ0n) is 14.3. The number of rotatable bonds is 9. The van der Waals surface area contributed by atoms with E-state index in [1.807, 2.05) is 24.8 Å². The monoisotopic (exact) mass is 334 g/mol. The third-order valence-corrected chi connectivity index (χ3v) is 4.29. The predicted molar refractivity (Wildman–Crippen MR) is 92.2 cm³/mol. The van der Waals surface area contributed by atoms with Gasteiger partial charge in [0.2, 0.25) is 0 Å². The van der Waals surface area contributed by atoms with Gasteiger partial charge in [0.1, 0.15) is 5.82 Å². The Balaban J connectivity index is 1.79. The van der Waals surface area contributed by atoms with Crippen molar-refractivity contribution in [3.8, 4) is 0 Å². The maximum atomic E-state index is 11.8. The second-order valence-corrected chi connectivity index (χ2v) is 6.11. The quantitative estimate of drug-likeness (QED) is 0.634. The Bertz CT molecular complexity index is 555. The van der Waals surface area contributed by atoms with Gasteiger partial charge in [-0.05, 0) is 37.9 Å². The minimum Gasteiger partial charge on any atom is -0.480 e. The third-order valence-electron chi connectivity index (χ3n) is 4.29. The number of carbonyl (C=O) groups is 2. The Hall–Kier alpha value is -2.15. The van der Waals surface area contributed by atoms with Gasteiger partial charge in [0.25, 0.3) is 5.91 Å². The van der Waals surface area contributed by atoms with Crippen LogP contribution in [0.25, 0.3) is 0 Å². The molecule has 1 aromatic heterocycles. The summed E-state index contributed by atoms with van der Waals surface area (Å²) in [5, 5.41) is 15.1. The first-order valence-electron chi connectivity index (χ1n) is 8.50. The van der Waals surface area contributed by atoms with Crippen molar-refractivity contribution in [1.82, 2.24) is 15.2 Å². The maximum Gasteiger partial charge on any atom is 0.317 e. The fourth-order valence-electron chi connectivity index (χ4n) is 2.84. The van der Waals surface area contributed by atoms with Crippen molar-refractivity contribution in [1.29, 1.82) is 0 Å². The highest BCUT2D eigenvalue weighted by Gasteiger charge is 2.33. The number of nitrogens with zero attached hydrogens (tertiary/aromatic N) is 2. The maximum absolute atomic E-state index is 11.8. The van der Waals surface area contributed by atoms with Crippen LogP contribution in [0.2, 0.25) is 0 Å². The number of pyridine rings is 1. The van der Waals surface area contributed by atoms with Gasteiger partial charge in [-0.1, -0.05) is 13.8 Å². The summed E-state index contributed by atoms with van der Waals surface area (Å²) >= 11 is 0. The first-order valence-corrected chi connectivity index (χ1v) is 8.50. The summed E-state index contributed by atoms with van der Waals surface area (Å²) in [5.41, 5.74) is 0.555. The zero-order chi connectivity index (χ0) is 17.5. The van der Waals surface area contributed by atoms with E-state index in [0.29, 0.717) is 24.2 Å². The SMILES string of the molecule is CCCNC(=O)c1ccc(NC2CC(N(CC)CC(=O)O)C2)nc1. The van der Waals surface area contributed by atoms with Crippen LogP contribution < -0.4 is 10.6 Å². The molecule has 1 aliphatic carbocycles. The topological polar surface area (TPSA) is 94.6 Å². The Morgan fingerprint density at radius 3 is 2.62 bits per heavy atom. The number of carboxylic acid groups (broad SMARTS) is 1. The van der Waals surface area contributed by atoms with Gasteiger partial charge >= 0.3 is 5.97 Å². The van der Waals surface area contributed by atoms with Gasteiger partial charge in [0.05, 0.1) is 12.1 Å². The summed E-state index contributed by atoms with van der Waals surface area (Å²) in [6.45, 7) is 5.48. The van der Waals surface area contributed by atoms with Crippen molar-refractivity contribution in [2.24, 2.45) is 0 Å². The molecule has 0 aromatic carbocycles. The molecule has 0 saturated heterocycles. The molecule has 1 amide bonds. The summed E-state index contributed by atoms with van der Waals surface area (Å²) in [7, 11) is 0. The van der Waals surface area contributed by atoms with Crippen LogP contribution in [0.5, 0.6) is 0 Å². The molecule has 1 aliphatic rings. The van der Waals surface area contributed by atoms with Crippen LogP contribution in [0.1, 0.15) is 43.5 Å². The van der Waals surface area contributed by atoms with Gasteiger partial charge < -0.3 is 15.7 Å². The first kappa shape index (κ1) is 18.2. The standard InChI is InChI=1S/C17H26N4O3/c1-3-7-18-17(24)12-5-6-15(19-10-12)20-13-8-14(9-13)21(4-2)11-16(22)23/h5-6,10,13-14H,3-4,7-9,11H2,1-2H3,(H,18,24)(H,19,20)(H,22,23). The smallest absolute Gasteiger partial charge is 0.317 e. The second kappa shape index (κ2) is 8.63. The van der Waals surface area contributed by atoms with Crippen LogP contribution in [0, 0.1) is 0 Å². The number of amides is 1. The van der Waals surface area contributed by atoms with E-state index in [9.17, 15) is 9.59 Å². The van der Waals surface area contributed by atoms with E-state index in [4.69, 9.17) is 5.11 Å². The van der Waals surface area contributed by atoms with Gasteiger partial charge in [-0.3, -0.25) is 14.5 Å². The molecular formula is C17H26N4O3. The minimum absolute atomic E-state index is 0.0910. The van der Waals surface area contributed by atoms with E-state index in [-0.39, 0.29) is 12.5 Å². The number of hydrogen-bond donors (Lipinski definition) is 3. The predicted octanol–water partition coefficient (Wildman–Crippen LogP) is 1.57. The van der Waals surface area contributed by atoms with Crippen molar-refractivity contribution >= 4 is 17.7 Å². The third kappa shape index (κ3) is 4.92. The molecule has 0 spiro atoms.